The summed E-state index contributed by atoms with van der Waals surface area (Å²) in [5, 5.41) is 6.04. The van der Waals surface area contributed by atoms with Crippen LogP contribution >= 0.6 is 11.8 Å². The molecule has 4 aromatic rings. The summed E-state index contributed by atoms with van der Waals surface area (Å²) in [6, 6.07) is 16.9. The standard InChI is InChI=1S/C29H27F3N6O2S/c1-41-24-17-34-28(37-26(24)21-7-10-25(33-16-21)29(30,31)32)36-22-8-5-20(6-9-22)27(39)35-23-4-2-3-19(15-23)18-38-11-13-40-14-12-38/h2-10,15-17H,11-14,18H2,1H3,(H,35,39)(H,34,36,37). The lowest BCUT2D eigenvalue weighted by Gasteiger charge is -2.26. The molecule has 0 bridgehead atoms. The molecule has 1 aliphatic rings. The average Bonchev–Trinajstić information content (AvgIpc) is 2.98. The van der Waals surface area contributed by atoms with E-state index in [0.29, 0.717) is 27.4 Å². The van der Waals surface area contributed by atoms with Crippen LogP contribution in [0, 0.1) is 0 Å². The van der Waals surface area contributed by atoms with E-state index in [1.54, 1.807) is 30.5 Å². The van der Waals surface area contributed by atoms with E-state index in [4.69, 9.17) is 4.74 Å². The number of rotatable bonds is 8. The number of nitrogens with one attached hydrogen (secondary N) is 2. The molecule has 0 saturated carbocycles. The molecule has 2 aromatic carbocycles. The number of aromatic nitrogens is 3. The third kappa shape index (κ3) is 7.40. The maximum atomic E-state index is 12.9. The summed E-state index contributed by atoms with van der Waals surface area (Å²) in [6.45, 7) is 4.03. The van der Waals surface area contributed by atoms with Gasteiger partial charge in [0.2, 0.25) is 5.95 Å². The van der Waals surface area contributed by atoms with Gasteiger partial charge in [0, 0.05) is 54.5 Å². The Hall–Kier alpha value is -4.00. The first-order valence-corrected chi connectivity index (χ1v) is 14.0. The van der Waals surface area contributed by atoms with E-state index in [-0.39, 0.29) is 11.9 Å². The number of morpholine rings is 1. The van der Waals surface area contributed by atoms with Crippen LogP contribution in [0.5, 0.6) is 0 Å². The average molecular weight is 581 g/mol. The zero-order valence-corrected chi connectivity index (χ0v) is 22.9. The maximum absolute atomic E-state index is 12.9. The minimum Gasteiger partial charge on any atom is -0.379 e. The Morgan fingerprint density at radius 1 is 1.00 bits per heavy atom. The lowest BCUT2D eigenvalue weighted by molar-refractivity contribution is -0.141. The van der Waals surface area contributed by atoms with Crippen molar-refractivity contribution in [1.29, 1.82) is 0 Å². The number of thioether (sulfide) groups is 1. The molecular weight excluding hydrogens is 553 g/mol. The van der Waals surface area contributed by atoms with Gasteiger partial charge < -0.3 is 15.4 Å². The van der Waals surface area contributed by atoms with Crippen molar-refractivity contribution in [3.63, 3.8) is 0 Å². The number of nitrogens with zero attached hydrogens (tertiary/aromatic N) is 4. The SMILES string of the molecule is CSc1cnc(Nc2ccc(C(=O)Nc3cccc(CN4CCOCC4)c3)cc2)nc1-c1ccc(C(F)(F)F)nc1. The molecule has 1 amide bonds. The smallest absolute Gasteiger partial charge is 0.379 e. The zero-order valence-electron chi connectivity index (χ0n) is 22.1. The van der Waals surface area contributed by atoms with Crippen LogP contribution in [0.3, 0.4) is 0 Å². The molecule has 0 spiro atoms. The van der Waals surface area contributed by atoms with Gasteiger partial charge in [0.25, 0.3) is 5.91 Å². The summed E-state index contributed by atoms with van der Waals surface area (Å²) in [5.41, 5.74) is 2.88. The van der Waals surface area contributed by atoms with Crippen molar-refractivity contribution in [3.05, 3.63) is 89.9 Å². The number of hydrogen-bond acceptors (Lipinski definition) is 8. The topological polar surface area (TPSA) is 92.3 Å². The summed E-state index contributed by atoms with van der Waals surface area (Å²) in [5.74, 6) is 0.0183. The Labute approximate surface area is 239 Å². The molecule has 12 heteroatoms. The fourth-order valence-corrected chi connectivity index (χ4v) is 4.81. The van der Waals surface area contributed by atoms with Crippen LogP contribution in [0.25, 0.3) is 11.3 Å². The van der Waals surface area contributed by atoms with E-state index < -0.39 is 11.9 Å². The second-order valence-corrected chi connectivity index (χ2v) is 10.1. The molecule has 0 radical (unpaired) electrons. The van der Waals surface area contributed by atoms with Gasteiger partial charge in [-0.3, -0.25) is 14.7 Å². The van der Waals surface area contributed by atoms with Gasteiger partial charge in [-0.2, -0.15) is 13.2 Å². The molecule has 1 aliphatic heterocycles. The second kappa shape index (κ2) is 12.7. The summed E-state index contributed by atoms with van der Waals surface area (Å²) in [7, 11) is 0. The normalized spacial score (nSPS) is 14.0. The second-order valence-electron chi connectivity index (χ2n) is 9.29. The minimum absolute atomic E-state index is 0.238. The molecule has 3 heterocycles. The Kier molecular flexibility index (Phi) is 8.81. The Morgan fingerprint density at radius 2 is 1.78 bits per heavy atom. The number of alkyl halides is 3. The van der Waals surface area contributed by atoms with Crippen LogP contribution in [-0.4, -0.2) is 58.3 Å². The van der Waals surface area contributed by atoms with Crippen LogP contribution in [0.1, 0.15) is 21.6 Å². The molecule has 41 heavy (non-hydrogen) atoms. The molecular formula is C29H27F3N6O2S. The van der Waals surface area contributed by atoms with Crippen molar-refractivity contribution in [2.45, 2.75) is 17.6 Å². The Bertz CT molecular complexity index is 1490. The van der Waals surface area contributed by atoms with E-state index in [9.17, 15) is 18.0 Å². The molecule has 2 aromatic heterocycles. The number of amides is 1. The lowest BCUT2D eigenvalue weighted by atomic mass is 10.1. The zero-order chi connectivity index (χ0) is 28.8. The number of carbonyl (C=O) groups is 1. The number of halogens is 3. The highest BCUT2D eigenvalue weighted by atomic mass is 32.2. The molecule has 0 aliphatic carbocycles. The van der Waals surface area contributed by atoms with Gasteiger partial charge in [-0.1, -0.05) is 12.1 Å². The first kappa shape index (κ1) is 28.5. The van der Waals surface area contributed by atoms with Gasteiger partial charge in [0.05, 0.1) is 23.8 Å². The number of benzene rings is 2. The van der Waals surface area contributed by atoms with Crippen LogP contribution < -0.4 is 10.6 Å². The molecule has 5 rings (SSSR count). The van der Waals surface area contributed by atoms with E-state index in [1.165, 1.54) is 17.8 Å². The lowest BCUT2D eigenvalue weighted by Crippen LogP contribution is -2.35. The molecule has 0 atom stereocenters. The highest BCUT2D eigenvalue weighted by Gasteiger charge is 2.32. The predicted octanol–water partition coefficient (Wildman–Crippen LogP) is 6.11. The summed E-state index contributed by atoms with van der Waals surface area (Å²) in [6.07, 6.45) is 0.0642. The van der Waals surface area contributed by atoms with Gasteiger partial charge in [-0.05, 0) is 60.4 Å². The van der Waals surface area contributed by atoms with Crippen LogP contribution in [-0.2, 0) is 17.5 Å². The molecule has 0 unspecified atom stereocenters. The first-order chi connectivity index (χ1) is 19.8. The van der Waals surface area contributed by atoms with Crippen LogP contribution in [0.15, 0.2) is 78.0 Å². The largest absolute Gasteiger partial charge is 0.433 e. The quantitative estimate of drug-likeness (QED) is 0.241. The Morgan fingerprint density at radius 3 is 2.46 bits per heavy atom. The van der Waals surface area contributed by atoms with Gasteiger partial charge in [0.1, 0.15) is 5.69 Å². The highest BCUT2D eigenvalue weighted by molar-refractivity contribution is 7.98. The van der Waals surface area contributed by atoms with Crippen molar-refractivity contribution in [2.24, 2.45) is 0 Å². The summed E-state index contributed by atoms with van der Waals surface area (Å²) in [4.78, 5) is 28.3. The molecule has 1 saturated heterocycles. The van der Waals surface area contributed by atoms with E-state index in [2.05, 4.69) is 30.5 Å². The van der Waals surface area contributed by atoms with E-state index in [0.717, 1.165) is 56.4 Å². The number of carbonyl (C=O) groups excluding carboxylic acids is 1. The number of hydrogen-bond donors (Lipinski definition) is 2. The highest BCUT2D eigenvalue weighted by Crippen LogP contribution is 2.32. The number of pyridine rings is 1. The third-order valence-corrected chi connectivity index (χ3v) is 7.14. The predicted molar refractivity (Wildman–Crippen MR) is 152 cm³/mol. The van der Waals surface area contributed by atoms with E-state index in [1.807, 2.05) is 30.5 Å². The van der Waals surface area contributed by atoms with Gasteiger partial charge in [-0.25, -0.2) is 9.97 Å². The minimum atomic E-state index is -4.52. The maximum Gasteiger partial charge on any atom is 0.433 e. The van der Waals surface area contributed by atoms with Crippen molar-refractivity contribution < 1.29 is 22.7 Å². The fourth-order valence-electron chi connectivity index (χ4n) is 4.29. The number of anilines is 3. The van der Waals surface area contributed by atoms with Crippen molar-refractivity contribution in [3.8, 4) is 11.3 Å². The number of ether oxygens (including phenoxy) is 1. The van der Waals surface area contributed by atoms with Gasteiger partial charge in [0.15, 0.2) is 0 Å². The van der Waals surface area contributed by atoms with Gasteiger partial charge in [-0.15, -0.1) is 11.8 Å². The van der Waals surface area contributed by atoms with Crippen LogP contribution in [0.2, 0.25) is 0 Å². The van der Waals surface area contributed by atoms with E-state index >= 15 is 0 Å². The van der Waals surface area contributed by atoms with Crippen molar-refractivity contribution >= 4 is 35.0 Å². The summed E-state index contributed by atoms with van der Waals surface area (Å²) >= 11 is 1.38. The van der Waals surface area contributed by atoms with Gasteiger partial charge >= 0.3 is 6.18 Å². The molecule has 1 fully saturated rings. The van der Waals surface area contributed by atoms with Crippen molar-refractivity contribution in [1.82, 2.24) is 19.9 Å². The molecule has 212 valence electrons. The Balaban J connectivity index is 1.24. The first-order valence-electron chi connectivity index (χ1n) is 12.8. The molecule has 8 nitrogen and oxygen atoms in total. The van der Waals surface area contributed by atoms with Crippen molar-refractivity contribution in [2.75, 3.05) is 43.2 Å². The van der Waals surface area contributed by atoms with Crippen LogP contribution in [0.4, 0.5) is 30.5 Å². The fraction of sp³-hybridized carbons (Fsp3) is 0.241. The summed E-state index contributed by atoms with van der Waals surface area (Å²) < 4.78 is 44.2. The molecule has 2 N–H and O–H groups in total. The third-order valence-electron chi connectivity index (χ3n) is 6.40. The monoisotopic (exact) mass is 580 g/mol.